The van der Waals surface area contributed by atoms with Gasteiger partial charge in [0.25, 0.3) is 5.91 Å². The summed E-state index contributed by atoms with van der Waals surface area (Å²) in [6.45, 7) is 6.44. The maximum Gasteiger partial charge on any atom is 0.271 e. The first-order chi connectivity index (χ1) is 17.2. The predicted molar refractivity (Wildman–Crippen MR) is 141 cm³/mol. The molecule has 0 spiro atoms. The number of carbonyl (C=O) groups is 1. The van der Waals surface area contributed by atoms with Gasteiger partial charge in [-0.05, 0) is 66.8 Å². The van der Waals surface area contributed by atoms with Gasteiger partial charge in [0.2, 0.25) is 0 Å². The third-order valence-electron chi connectivity index (χ3n) is 5.94. The molecule has 1 aliphatic rings. The smallest absolute Gasteiger partial charge is 0.271 e. The molecule has 1 aliphatic heterocycles. The van der Waals surface area contributed by atoms with Crippen molar-refractivity contribution in [1.82, 2.24) is 5.43 Å². The van der Waals surface area contributed by atoms with Crippen LogP contribution < -0.4 is 19.8 Å². The molecule has 0 aromatic heterocycles. The van der Waals surface area contributed by atoms with Crippen molar-refractivity contribution in [2.24, 2.45) is 5.10 Å². The predicted octanol–water partition coefficient (Wildman–Crippen LogP) is 5.37. The van der Waals surface area contributed by atoms with E-state index in [-0.39, 0.29) is 5.91 Å². The Morgan fingerprint density at radius 2 is 1.83 bits per heavy atom. The lowest BCUT2D eigenvalue weighted by Crippen LogP contribution is -2.19. The van der Waals surface area contributed by atoms with Crippen molar-refractivity contribution in [3.8, 4) is 11.5 Å². The molecule has 6 heteroatoms. The first-order valence-corrected chi connectivity index (χ1v) is 11.8. The van der Waals surface area contributed by atoms with Gasteiger partial charge in [0.05, 0.1) is 13.3 Å². The minimum atomic E-state index is -0.254. The molecule has 35 heavy (non-hydrogen) atoms. The fourth-order valence-corrected chi connectivity index (χ4v) is 4.14. The second-order valence-corrected chi connectivity index (χ2v) is 8.42. The van der Waals surface area contributed by atoms with Gasteiger partial charge in [0, 0.05) is 29.9 Å². The number of hydrogen-bond donors (Lipinski definition) is 1. The Bertz CT molecular complexity index is 1170. The Hall–Kier alpha value is -4.06. The number of nitrogens with zero attached hydrogens (tertiary/aromatic N) is 2. The van der Waals surface area contributed by atoms with Gasteiger partial charge < -0.3 is 14.4 Å². The van der Waals surface area contributed by atoms with E-state index in [1.54, 1.807) is 13.3 Å². The van der Waals surface area contributed by atoms with Gasteiger partial charge in [-0.3, -0.25) is 4.79 Å². The maximum absolute atomic E-state index is 12.5. The zero-order valence-electron chi connectivity index (χ0n) is 20.1. The quantitative estimate of drug-likeness (QED) is 0.246. The SMILES string of the molecule is C=CCc1cc(/C=N\NC(=O)c2ccc(N3CCCC3)cc2)cc(OC)c1OCc1ccccc1. The number of amides is 1. The molecule has 3 aromatic rings. The van der Waals surface area contributed by atoms with Crippen LogP contribution in [-0.2, 0) is 13.0 Å². The summed E-state index contributed by atoms with van der Waals surface area (Å²) in [5, 5.41) is 4.16. The van der Waals surface area contributed by atoms with Crippen molar-refractivity contribution < 1.29 is 14.3 Å². The summed E-state index contributed by atoms with van der Waals surface area (Å²) in [5.41, 5.74) is 7.12. The van der Waals surface area contributed by atoms with Gasteiger partial charge in [-0.15, -0.1) is 6.58 Å². The molecule has 4 rings (SSSR count). The Kier molecular flexibility index (Phi) is 8.17. The summed E-state index contributed by atoms with van der Waals surface area (Å²) in [6, 6.07) is 21.4. The normalized spacial score (nSPS) is 13.1. The average Bonchev–Trinajstić information content (AvgIpc) is 3.44. The summed E-state index contributed by atoms with van der Waals surface area (Å²) < 4.78 is 11.7. The van der Waals surface area contributed by atoms with Crippen molar-refractivity contribution in [2.45, 2.75) is 25.9 Å². The number of allylic oxidation sites excluding steroid dienone is 1. The van der Waals surface area contributed by atoms with E-state index >= 15 is 0 Å². The molecule has 0 saturated carbocycles. The van der Waals surface area contributed by atoms with Gasteiger partial charge in [-0.1, -0.05) is 36.4 Å². The Labute approximate surface area is 206 Å². The van der Waals surface area contributed by atoms with Crippen LogP contribution in [0, 0.1) is 0 Å². The molecule has 0 bridgehead atoms. The number of hydrazone groups is 1. The minimum absolute atomic E-state index is 0.254. The highest BCUT2D eigenvalue weighted by Crippen LogP contribution is 2.34. The van der Waals surface area contributed by atoms with E-state index in [9.17, 15) is 4.79 Å². The number of hydrogen-bond acceptors (Lipinski definition) is 5. The first-order valence-electron chi connectivity index (χ1n) is 11.8. The third kappa shape index (κ3) is 6.29. The largest absolute Gasteiger partial charge is 0.493 e. The van der Waals surface area contributed by atoms with Crippen LogP contribution in [0.5, 0.6) is 11.5 Å². The molecule has 1 heterocycles. The topological polar surface area (TPSA) is 63.2 Å². The molecule has 1 fully saturated rings. The summed E-state index contributed by atoms with van der Waals surface area (Å²) >= 11 is 0. The van der Waals surface area contributed by atoms with E-state index in [0.717, 1.165) is 35.5 Å². The number of benzene rings is 3. The highest BCUT2D eigenvalue weighted by atomic mass is 16.5. The number of ether oxygens (including phenoxy) is 2. The van der Waals surface area contributed by atoms with Crippen LogP contribution in [0.1, 0.15) is 39.9 Å². The van der Waals surface area contributed by atoms with Crippen LogP contribution in [0.25, 0.3) is 0 Å². The fourth-order valence-electron chi connectivity index (χ4n) is 4.14. The average molecular weight is 470 g/mol. The van der Waals surface area contributed by atoms with Crippen molar-refractivity contribution >= 4 is 17.8 Å². The first kappa shape index (κ1) is 24.1. The number of anilines is 1. The highest BCUT2D eigenvalue weighted by molar-refractivity contribution is 5.95. The van der Waals surface area contributed by atoms with Gasteiger partial charge in [0.15, 0.2) is 11.5 Å². The van der Waals surface area contributed by atoms with E-state index in [1.165, 1.54) is 12.8 Å². The molecule has 1 saturated heterocycles. The molecular formula is C29H31N3O3. The monoisotopic (exact) mass is 469 g/mol. The third-order valence-corrected chi connectivity index (χ3v) is 5.94. The molecule has 1 amide bonds. The fraction of sp³-hybridized carbons (Fsp3) is 0.241. The van der Waals surface area contributed by atoms with Crippen LogP contribution in [0.3, 0.4) is 0 Å². The molecule has 0 radical (unpaired) electrons. The molecule has 180 valence electrons. The van der Waals surface area contributed by atoms with E-state index in [2.05, 4.69) is 22.0 Å². The summed E-state index contributed by atoms with van der Waals surface area (Å²) in [7, 11) is 1.61. The van der Waals surface area contributed by atoms with E-state index in [0.29, 0.717) is 30.1 Å². The van der Waals surface area contributed by atoms with Crippen LogP contribution in [-0.4, -0.2) is 32.3 Å². The summed E-state index contributed by atoms with van der Waals surface area (Å²) in [5.74, 6) is 1.02. The Morgan fingerprint density at radius 3 is 2.51 bits per heavy atom. The summed E-state index contributed by atoms with van der Waals surface area (Å²) in [6.07, 6.45) is 6.47. The van der Waals surface area contributed by atoms with Gasteiger partial charge in [0.1, 0.15) is 6.61 Å². The van der Waals surface area contributed by atoms with Crippen molar-refractivity contribution in [2.75, 3.05) is 25.1 Å². The number of carbonyl (C=O) groups excluding carboxylic acids is 1. The second-order valence-electron chi connectivity index (χ2n) is 8.42. The van der Waals surface area contributed by atoms with Crippen molar-refractivity contribution in [3.63, 3.8) is 0 Å². The zero-order valence-corrected chi connectivity index (χ0v) is 20.1. The minimum Gasteiger partial charge on any atom is -0.493 e. The number of nitrogens with one attached hydrogen (secondary N) is 1. The lowest BCUT2D eigenvalue weighted by atomic mass is 10.1. The van der Waals surface area contributed by atoms with Gasteiger partial charge in [-0.25, -0.2) is 5.43 Å². The molecule has 3 aromatic carbocycles. The Morgan fingerprint density at radius 1 is 1.09 bits per heavy atom. The molecule has 0 aliphatic carbocycles. The van der Waals surface area contributed by atoms with Crippen LogP contribution in [0.4, 0.5) is 5.69 Å². The molecule has 1 N–H and O–H groups in total. The Balaban J connectivity index is 1.43. The van der Waals surface area contributed by atoms with Crippen LogP contribution in [0.2, 0.25) is 0 Å². The second kappa shape index (κ2) is 11.9. The number of methoxy groups -OCH3 is 1. The maximum atomic E-state index is 12.5. The lowest BCUT2D eigenvalue weighted by molar-refractivity contribution is 0.0955. The van der Waals surface area contributed by atoms with Crippen LogP contribution >= 0.6 is 0 Å². The highest BCUT2D eigenvalue weighted by Gasteiger charge is 2.14. The van der Waals surface area contributed by atoms with E-state index in [1.807, 2.05) is 72.8 Å². The van der Waals surface area contributed by atoms with Gasteiger partial charge >= 0.3 is 0 Å². The lowest BCUT2D eigenvalue weighted by Gasteiger charge is -2.17. The molecule has 6 nitrogen and oxygen atoms in total. The molecular weight excluding hydrogens is 438 g/mol. The summed E-state index contributed by atoms with van der Waals surface area (Å²) in [4.78, 5) is 14.9. The zero-order chi connectivity index (χ0) is 24.5. The number of rotatable bonds is 10. The van der Waals surface area contributed by atoms with Crippen molar-refractivity contribution in [3.05, 3.63) is 102 Å². The van der Waals surface area contributed by atoms with Crippen LogP contribution in [0.15, 0.2) is 84.5 Å². The molecule has 0 unspecified atom stereocenters. The van der Waals surface area contributed by atoms with Gasteiger partial charge in [-0.2, -0.15) is 5.10 Å². The van der Waals surface area contributed by atoms with E-state index in [4.69, 9.17) is 9.47 Å². The van der Waals surface area contributed by atoms with Crippen molar-refractivity contribution in [1.29, 1.82) is 0 Å². The molecule has 0 atom stereocenters. The standard InChI is InChI=1S/C29H31N3O3/c1-3-9-25-18-23(19-27(34-2)28(25)35-21-22-10-5-4-6-11-22)20-30-31-29(33)24-12-14-26(15-13-24)32-16-7-8-17-32/h3-6,10-15,18-20H,1,7-9,16-17,21H2,2H3,(H,31,33)/b30-20-. The van der Waals surface area contributed by atoms with E-state index < -0.39 is 0 Å².